The first-order chi connectivity index (χ1) is 16.3. The van der Waals surface area contributed by atoms with Crippen LogP contribution in [0.25, 0.3) is 10.9 Å². The van der Waals surface area contributed by atoms with Crippen molar-refractivity contribution >= 4 is 22.8 Å². The third-order valence-electron chi connectivity index (χ3n) is 6.07. The first-order valence-electron chi connectivity index (χ1n) is 11.7. The van der Waals surface area contributed by atoms with Crippen LogP contribution in [-0.2, 0) is 16.1 Å². The van der Waals surface area contributed by atoms with Gasteiger partial charge in [0, 0.05) is 51.5 Å². The number of fused-ring (bicyclic) bond motifs is 1. The molecule has 0 bridgehead atoms. The molecule has 4 rings (SSSR count). The standard InChI is InChI=1S/C26H33N5O2/c1-27-26(28-13-7-14-30-15-12-22-10-5-6-11-24(22)30)29-20-23(21-8-3-2-4-9-21)25(32)31-16-18-33-19-17-31/h2-6,8-12,15,23H,7,13-14,16-20H2,1H3,(H2,27,28,29). The number of rotatable bonds is 8. The highest BCUT2D eigenvalue weighted by Crippen LogP contribution is 2.19. The molecule has 33 heavy (non-hydrogen) atoms. The molecule has 1 aliphatic rings. The summed E-state index contributed by atoms with van der Waals surface area (Å²) in [7, 11) is 1.76. The van der Waals surface area contributed by atoms with Crippen LogP contribution in [0.1, 0.15) is 17.9 Å². The van der Waals surface area contributed by atoms with Crippen LogP contribution in [0, 0.1) is 0 Å². The summed E-state index contributed by atoms with van der Waals surface area (Å²) in [6.45, 7) is 4.69. The van der Waals surface area contributed by atoms with Gasteiger partial charge in [0.25, 0.3) is 0 Å². The van der Waals surface area contributed by atoms with Gasteiger partial charge in [-0.2, -0.15) is 0 Å². The third kappa shape index (κ3) is 5.93. The van der Waals surface area contributed by atoms with Gasteiger partial charge in [-0.25, -0.2) is 0 Å². The second kappa shape index (κ2) is 11.5. The molecule has 1 atom stereocenters. The van der Waals surface area contributed by atoms with Crippen molar-refractivity contribution in [3.8, 4) is 0 Å². The lowest BCUT2D eigenvalue weighted by molar-refractivity contribution is -0.136. The molecular formula is C26H33N5O2. The van der Waals surface area contributed by atoms with E-state index in [4.69, 9.17) is 4.74 Å². The predicted molar refractivity (Wildman–Crippen MR) is 133 cm³/mol. The smallest absolute Gasteiger partial charge is 0.232 e. The molecule has 0 spiro atoms. The van der Waals surface area contributed by atoms with E-state index in [-0.39, 0.29) is 11.8 Å². The summed E-state index contributed by atoms with van der Waals surface area (Å²) in [5, 5.41) is 8.01. The highest BCUT2D eigenvalue weighted by Gasteiger charge is 2.27. The first kappa shape index (κ1) is 22.9. The van der Waals surface area contributed by atoms with E-state index in [9.17, 15) is 4.79 Å². The summed E-state index contributed by atoms with van der Waals surface area (Å²) in [5.74, 6) is 0.573. The molecule has 174 valence electrons. The Labute approximate surface area is 195 Å². The molecular weight excluding hydrogens is 414 g/mol. The highest BCUT2D eigenvalue weighted by atomic mass is 16.5. The van der Waals surface area contributed by atoms with Gasteiger partial charge in [0.15, 0.2) is 5.96 Å². The fourth-order valence-electron chi connectivity index (χ4n) is 4.25. The Hall–Kier alpha value is -3.32. The number of aryl methyl sites for hydroxylation is 1. The molecule has 1 aromatic heterocycles. The maximum atomic E-state index is 13.3. The molecule has 0 saturated carbocycles. The molecule has 7 heteroatoms. The molecule has 1 saturated heterocycles. The largest absolute Gasteiger partial charge is 0.378 e. The van der Waals surface area contributed by atoms with E-state index in [1.54, 1.807) is 7.05 Å². The summed E-state index contributed by atoms with van der Waals surface area (Å²) >= 11 is 0. The van der Waals surface area contributed by atoms with Crippen molar-refractivity contribution in [1.82, 2.24) is 20.1 Å². The number of morpholine rings is 1. The van der Waals surface area contributed by atoms with Crippen molar-refractivity contribution in [3.05, 3.63) is 72.4 Å². The van der Waals surface area contributed by atoms with Crippen LogP contribution in [0.15, 0.2) is 71.9 Å². The average Bonchev–Trinajstić information content (AvgIpc) is 3.29. The normalized spacial score (nSPS) is 15.4. The zero-order valence-corrected chi connectivity index (χ0v) is 19.2. The Bertz CT molecular complexity index is 1060. The Balaban J connectivity index is 1.30. The van der Waals surface area contributed by atoms with Gasteiger partial charge in [0.1, 0.15) is 0 Å². The van der Waals surface area contributed by atoms with Gasteiger partial charge in [-0.3, -0.25) is 9.79 Å². The van der Waals surface area contributed by atoms with Gasteiger partial charge in [-0.15, -0.1) is 0 Å². The van der Waals surface area contributed by atoms with Gasteiger partial charge >= 0.3 is 0 Å². The maximum absolute atomic E-state index is 13.3. The van der Waals surface area contributed by atoms with Gasteiger partial charge in [0.05, 0.1) is 19.1 Å². The van der Waals surface area contributed by atoms with E-state index in [1.165, 1.54) is 10.9 Å². The van der Waals surface area contributed by atoms with Crippen LogP contribution in [0.4, 0.5) is 0 Å². The molecule has 3 aromatic rings. The van der Waals surface area contributed by atoms with Crippen molar-refractivity contribution in [3.63, 3.8) is 0 Å². The molecule has 2 heterocycles. The summed E-state index contributed by atoms with van der Waals surface area (Å²) in [4.78, 5) is 19.5. The lowest BCUT2D eigenvalue weighted by atomic mass is 9.97. The summed E-state index contributed by atoms with van der Waals surface area (Å²) in [5.41, 5.74) is 2.27. The minimum atomic E-state index is -0.269. The number of hydrogen-bond acceptors (Lipinski definition) is 3. The lowest BCUT2D eigenvalue weighted by Crippen LogP contribution is -2.47. The average molecular weight is 448 g/mol. The second-order valence-corrected chi connectivity index (χ2v) is 8.20. The monoisotopic (exact) mass is 447 g/mol. The number of nitrogens with zero attached hydrogens (tertiary/aromatic N) is 3. The quantitative estimate of drug-likeness (QED) is 0.317. The molecule has 0 radical (unpaired) electrons. The van der Waals surface area contributed by atoms with Crippen LogP contribution in [0.5, 0.6) is 0 Å². The van der Waals surface area contributed by atoms with E-state index < -0.39 is 0 Å². The number of nitrogens with one attached hydrogen (secondary N) is 2. The van der Waals surface area contributed by atoms with E-state index in [2.05, 4.69) is 56.7 Å². The zero-order chi connectivity index (χ0) is 22.9. The predicted octanol–water partition coefficient (Wildman–Crippen LogP) is 2.84. The van der Waals surface area contributed by atoms with E-state index in [0.29, 0.717) is 38.8 Å². The van der Waals surface area contributed by atoms with Crippen LogP contribution < -0.4 is 10.6 Å². The summed E-state index contributed by atoms with van der Waals surface area (Å²) < 4.78 is 7.69. The summed E-state index contributed by atoms with van der Waals surface area (Å²) in [6, 6.07) is 20.5. The summed E-state index contributed by atoms with van der Waals surface area (Å²) in [6.07, 6.45) is 3.10. The number of ether oxygens (including phenoxy) is 1. The molecule has 1 unspecified atom stereocenters. The number of guanidine groups is 1. The van der Waals surface area contributed by atoms with Crippen molar-refractivity contribution < 1.29 is 9.53 Å². The number of benzene rings is 2. The number of carbonyl (C=O) groups is 1. The fourth-order valence-corrected chi connectivity index (χ4v) is 4.25. The molecule has 1 amide bonds. The van der Waals surface area contributed by atoms with E-state index in [0.717, 1.165) is 25.1 Å². The van der Waals surface area contributed by atoms with Crippen molar-refractivity contribution in [2.45, 2.75) is 18.9 Å². The molecule has 1 aliphatic heterocycles. The molecule has 2 N–H and O–H groups in total. The first-order valence-corrected chi connectivity index (χ1v) is 11.7. The number of carbonyl (C=O) groups excluding carboxylic acids is 1. The van der Waals surface area contributed by atoms with Gasteiger partial charge in [-0.05, 0) is 29.5 Å². The Kier molecular flexibility index (Phi) is 7.98. The van der Waals surface area contributed by atoms with Crippen molar-refractivity contribution in [2.24, 2.45) is 4.99 Å². The van der Waals surface area contributed by atoms with Crippen molar-refractivity contribution in [1.29, 1.82) is 0 Å². The Morgan fingerprint density at radius 2 is 1.79 bits per heavy atom. The molecule has 2 aromatic carbocycles. The Morgan fingerprint density at radius 3 is 2.58 bits per heavy atom. The van der Waals surface area contributed by atoms with Gasteiger partial charge in [-0.1, -0.05) is 48.5 Å². The topological polar surface area (TPSA) is 70.9 Å². The SMILES string of the molecule is CN=C(NCCCn1ccc2ccccc21)NCC(C(=O)N1CCOCC1)c1ccccc1. The second-order valence-electron chi connectivity index (χ2n) is 8.20. The third-order valence-corrected chi connectivity index (χ3v) is 6.07. The minimum Gasteiger partial charge on any atom is -0.378 e. The number of para-hydroxylation sites is 1. The van der Waals surface area contributed by atoms with Crippen molar-refractivity contribution in [2.75, 3.05) is 46.4 Å². The fraction of sp³-hybridized carbons (Fsp3) is 0.385. The highest BCUT2D eigenvalue weighted by molar-refractivity contribution is 5.86. The van der Waals surface area contributed by atoms with Crippen LogP contribution in [0.2, 0.25) is 0 Å². The number of hydrogen-bond donors (Lipinski definition) is 2. The number of aliphatic imine (C=N–C) groups is 1. The zero-order valence-electron chi connectivity index (χ0n) is 19.2. The lowest BCUT2D eigenvalue weighted by Gasteiger charge is -2.31. The van der Waals surface area contributed by atoms with Crippen LogP contribution >= 0.6 is 0 Å². The van der Waals surface area contributed by atoms with E-state index in [1.807, 2.05) is 35.2 Å². The molecule has 1 fully saturated rings. The molecule has 7 nitrogen and oxygen atoms in total. The van der Waals surface area contributed by atoms with Gasteiger partial charge in [0.2, 0.25) is 5.91 Å². The minimum absolute atomic E-state index is 0.131. The van der Waals surface area contributed by atoms with Gasteiger partial charge < -0.3 is 24.8 Å². The van der Waals surface area contributed by atoms with Crippen LogP contribution in [0.3, 0.4) is 0 Å². The molecule has 0 aliphatic carbocycles. The van der Waals surface area contributed by atoms with E-state index >= 15 is 0 Å². The van der Waals surface area contributed by atoms with Crippen LogP contribution in [-0.4, -0.2) is 67.8 Å². The number of aromatic nitrogens is 1. The number of amides is 1. The Morgan fingerprint density at radius 1 is 1.03 bits per heavy atom. The maximum Gasteiger partial charge on any atom is 0.232 e.